The molecule has 0 aliphatic heterocycles. The van der Waals surface area contributed by atoms with Crippen LogP contribution >= 0.6 is 23.2 Å². The van der Waals surface area contributed by atoms with Gasteiger partial charge in [0.1, 0.15) is 6.17 Å². The molecule has 1 N–H and O–H groups in total. The number of halogens is 3. The summed E-state index contributed by atoms with van der Waals surface area (Å²) < 4.78 is 14.2. The summed E-state index contributed by atoms with van der Waals surface area (Å²) in [4.78, 5) is 11.0. The van der Waals surface area contributed by atoms with Gasteiger partial charge in [0.25, 0.3) is 0 Å². The minimum Gasteiger partial charge on any atom is -0.478 e. The predicted octanol–water partition coefficient (Wildman–Crippen LogP) is 5.12. The van der Waals surface area contributed by atoms with Crippen molar-refractivity contribution in [1.82, 2.24) is 0 Å². The normalized spacial score (nSPS) is 12.2. The van der Waals surface area contributed by atoms with Crippen molar-refractivity contribution in [1.29, 1.82) is 0 Å². The monoisotopic (exact) mass is 340 g/mol. The number of hydrogen-bond donors (Lipinski definition) is 1. The Hall–Kier alpha value is -1.58. The molecule has 0 aliphatic carbocycles. The number of rotatable bonds is 5. The van der Waals surface area contributed by atoms with Crippen molar-refractivity contribution in [3.8, 4) is 0 Å². The molecule has 0 aliphatic rings. The molecule has 2 aromatic carbocycles. The highest BCUT2D eigenvalue weighted by Crippen LogP contribution is 2.24. The molecule has 0 aromatic heterocycles. The fraction of sp³-hybridized carbons (Fsp3) is 0.235. The van der Waals surface area contributed by atoms with E-state index in [1.165, 1.54) is 6.07 Å². The molecule has 116 valence electrons. The molecule has 22 heavy (non-hydrogen) atoms. The Balaban J connectivity index is 2.05. The molecule has 0 amide bonds. The lowest BCUT2D eigenvalue weighted by Gasteiger charge is -2.11. The first-order valence-corrected chi connectivity index (χ1v) is 7.53. The van der Waals surface area contributed by atoms with Gasteiger partial charge in [0.15, 0.2) is 0 Å². The molecular formula is C17H15Cl2FO2. The second-order valence-corrected chi connectivity index (χ2v) is 6.02. The van der Waals surface area contributed by atoms with E-state index in [1.54, 1.807) is 37.3 Å². The van der Waals surface area contributed by atoms with E-state index in [2.05, 4.69) is 0 Å². The molecule has 2 aromatic rings. The SMILES string of the molecule is Cc1cc(CC(F)Cc2ccc(Cl)c(Cl)c2)ccc1C(=O)O. The summed E-state index contributed by atoms with van der Waals surface area (Å²) >= 11 is 11.7. The third-order valence-corrected chi connectivity index (χ3v) is 4.16. The van der Waals surface area contributed by atoms with Crippen molar-refractivity contribution in [3.05, 3.63) is 68.7 Å². The molecule has 0 heterocycles. The smallest absolute Gasteiger partial charge is 0.335 e. The van der Waals surface area contributed by atoms with Gasteiger partial charge in [-0.05, 0) is 41.8 Å². The van der Waals surface area contributed by atoms with Crippen molar-refractivity contribution in [2.75, 3.05) is 0 Å². The maximum absolute atomic E-state index is 14.2. The van der Waals surface area contributed by atoms with Gasteiger partial charge < -0.3 is 5.11 Å². The Morgan fingerprint density at radius 1 is 1.09 bits per heavy atom. The lowest BCUT2D eigenvalue weighted by Crippen LogP contribution is -2.09. The Bertz CT molecular complexity index is 701. The molecule has 0 radical (unpaired) electrons. The van der Waals surface area contributed by atoms with Gasteiger partial charge in [-0.25, -0.2) is 9.18 Å². The zero-order valence-electron chi connectivity index (χ0n) is 11.9. The average Bonchev–Trinajstić information content (AvgIpc) is 2.42. The Morgan fingerprint density at radius 3 is 2.23 bits per heavy atom. The zero-order valence-corrected chi connectivity index (χ0v) is 13.5. The van der Waals surface area contributed by atoms with E-state index in [1.807, 2.05) is 0 Å². The summed E-state index contributed by atoms with van der Waals surface area (Å²) in [5.41, 5.74) is 2.42. The molecule has 0 spiro atoms. The van der Waals surface area contributed by atoms with Crippen LogP contribution in [0.5, 0.6) is 0 Å². The Labute approximate surface area is 138 Å². The maximum Gasteiger partial charge on any atom is 0.335 e. The summed E-state index contributed by atoms with van der Waals surface area (Å²) in [6, 6.07) is 9.94. The summed E-state index contributed by atoms with van der Waals surface area (Å²) in [6.07, 6.45) is -0.621. The van der Waals surface area contributed by atoms with Crippen LogP contribution in [0, 0.1) is 6.92 Å². The van der Waals surface area contributed by atoms with Crippen LogP contribution < -0.4 is 0 Å². The molecular weight excluding hydrogens is 326 g/mol. The highest BCUT2D eigenvalue weighted by Gasteiger charge is 2.13. The van der Waals surface area contributed by atoms with Gasteiger partial charge in [-0.1, -0.05) is 41.4 Å². The number of carbonyl (C=O) groups is 1. The van der Waals surface area contributed by atoms with Crippen LogP contribution in [-0.2, 0) is 12.8 Å². The number of benzene rings is 2. The second kappa shape index (κ2) is 7.12. The van der Waals surface area contributed by atoms with Crippen molar-refractivity contribution >= 4 is 29.2 Å². The third-order valence-electron chi connectivity index (χ3n) is 3.42. The summed E-state index contributed by atoms with van der Waals surface area (Å²) in [5.74, 6) is -0.975. The van der Waals surface area contributed by atoms with Crippen molar-refractivity contribution < 1.29 is 14.3 Å². The molecule has 0 saturated carbocycles. The minimum absolute atomic E-state index is 0.223. The van der Waals surface area contributed by atoms with Crippen LogP contribution in [-0.4, -0.2) is 17.2 Å². The second-order valence-electron chi connectivity index (χ2n) is 5.21. The van der Waals surface area contributed by atoms with Crippen molar-refractivity contribution in [3.63, 3.8) is 0 Å². The predicted molar refractivity (Wildman–Crippen MR) is 86.9 cm³/mol. The standard InChI is InChI=1S/C17H15Cl2FO2/c1-10-6-11(2-4-14(10)17(21)22)7-13(20)8-12-3-5-15(18)16(19)9-12/h2-6,9,13H,7-8H2,1H3,(H,21,22). The van der Waals surface area contributed by atoms with Gasteiger partial charge >= 0.3 is 5.97 Å². The van der Waals surface area contributed by atoms with Crippen LogP contribution in [0.25, 0.3) is 0 Å². The van der Waals surface area contributed by atoms with E-state index in [0.29, 0.717) is 15.6 Å². The number of hydrogen-bond acceptors (Lipinski definition) is 1. The van der Waals surface area contributed by atoms with Crippen LogP contribution in [0.1, 0.15) is 27.0 Å². The van der Waals surface area contributed by atoms with Gasteiger partial charge in [0, 0.05) is 12.8 Å². The van der Waals surface area contributed by atoms with Gasteiger partial charge in [0.2, 0.25) is 0 Å². The fourth-order valence-electron chi connectivity index (χ4n) is 2.34. The number of carboxylic acid groups (broad SMARTS) is 1. The van der Waals surface area contributed by atoms with Crippen LogP contribution in [0.2, 0.25) is 10.0 Å². The first-order valence-electron chi connectivity index (χ1n) is 6.77. The molecule has 0 bridgehead atoms. The maximum atomic E-state index is 14.2. The third kappa shape index (κ3) is 4.21. The van der Waals surface area contributed by atoms with Crippen LogP contribution in [0.4, 0.5) is 4.39 Å². The van der Waals surface area contributed by atoms with Crippen molar-refractivity contribution in [2.24, 2.45) is 0 Å². The van der Waals surface area contributed by atoms with Crippen LogP contribution in [0.15, 0.2) is 36.4 Å². The van der Waals surface area contributed by atoms with E-state index in [-0.39, 0.29) is 18.4 Å². The molecule has 2 nitrogen and oxygen atoms in total. The lowest BCUT2D eigenvalue weighted by molar-refractivity contribution is 0.0696. The van der Waals surface area contributed by atoms with Crippen LogP contribution in [0.3, 0.4) is 0 Å². The number of alkyl halides is 1. The topological polar surface area (TPSA) is 37.3 Å². The number of aromatic carboxylic acids is 1. The van der Waals surface area contributed by atoms with Gasteiger partial charge in [-0.3, -0.25) is 0 Å². The van der Waals surface area contributed by atoms with E-state index >= 15 is 0 Å². The average molecular weight is 341 g/mol. The van der Waals surface area contributed by atoms with E-state index in [0.717, 1.165) is 11.1 Å². The highest BCUT2D eigenvalue weighted by molar-refractivity contribution is 6.42. The van der Waals surface area contributed by atoms with Gasteiger partial charge in [0.05, 0.1) is 15.6 Å². The van der Waals surface area contributed by atoms with Gasteiger partial charge in [-0.15, -0.1) is 0 Å². The van der Waals surface area contributed by atoms with E-state index in [4.69, 9.17) is 28.3 Å². The quantitative estimate of drug-likeness (QED) is 0.819. The summed E-state index contributed by atoms with van der Waals surface area (Å²) in [6.45, 7) is 1.71. The fourth-order valence-corrected chi connectivity index (χ4v) is 2.66. The minimum atomic E-state index is -1.08. The van der Waals surface area contributed by atoms with E-state index < -0.39 is 12.1 Å². The Morgan fingerprint density at radius 2 is 1.68 bits per heavy atom. The molecule has 2 rings (SSSR count). The first kappa shape index (κ1) is 16.8. The van der Waals surface area contributed by atoms with Gasteiger partial charge in [-0.2, -0.15) is 0 Å². The summed E-state index contributed by atoms with van der Waals surface area (Å²) in [5, 5.41) is 9.84. The molecule has 0 saturated heterocycles. The first-order chi connectivity index (χ1) is 10.4. The molecule has 1 unspecified atom stereocenters. The molecule has 5 heteroatoms. The number of aryl methyl sites for hydroxylation is 1. The summed E-state index contributed by atoms with van der Waals surface area (Å²) in [7, 11) is 0. The van der Waals surface area contributed by atoms with E-state index in [9.17, 15) is 9.18 Å². The Kier molecular flexibility index (Phi) is 5.43. The number of carboxylic acids is 1. The largest absolute Gasteiger partial charge is 0.478 e. The highest BCUT2D eigenvalue weighted by atomic mass is 35.5. The molecule has 0 fully saturated rings. The molecule has 1 atom stereocenters. The van der Waals surface area contributed by atoms with Crippen molar-refractivity contribution in [2.45, 2.75) is 25.9 Å². The lowest BCUT2D eigenvalue weighted by atomic mass is 9.99. The zero-order chi connectivity index (χ0) is 16.3.